The lowest BCUT2D eigenvalue weighted by molar-refractivity contribution is -0.138. The molecule has 0 saturated carbocycles. The van der Waals surface area contributed by atoms with Crippen molar-refractivity contribution in [3.05, 3.63) is 22.5 Å². The van der Waals surface area contributed by atoms with Gasteiger partial charge in [-0.25, -0.2) is 0 Å². The van der Waals surface area contributed by atoms with E-state index in [0.717, 1.165) is 6.42 Å². The summed E-state index contributed by atoms with van der Waals surface area (Å²) >= 11 is 0. The number of nitrogens with zero attached hydrogens (tertiary/aromatic N) is 1. The van der Waals surface area contributed by atoms with E-state index >= 15 is 0 Å². The maximum absolute atomic E-state index is 12.7. The van der Waals surface area contributed by atoms with Gasteiger partial charge in [0.25, 0.3) is 0 Å². The first-order valence-corrected chi connectivity index (χ1v) is 7.40. The van der Waals surface area contributed by atoms with E-state index in [0.29, 0.717) is 29.1 Å². The SMILES string of the molecule is CCCN(CC(=O)O)C(C)C(=O)c1[nH]c(C)c(C(C)=O)c1C. The molecule has 0 aliphatic heterocycles. The van der Waals surface area contributed by atoms with Crippen molar-refractivity contribution in [3.63, 3.8) is 0 Å². The number of H-pyrrole nitrogens is 1. The average molecular weight is 308 g/mol. The van der Waals surface area contributed by atoms with Gasteiger partial charge in [0.2, 0.25) is 0 Å². The van der Waals surface area contributed by atoms with Crippen LogP contribution in [0.2, 0.25) is 0 Å². The van der Waals surface area contributed by atoms with Crippen LogP contribution in [0.5, 0.6) is 0 Å². The molecule has 0 aliphatic rings. The number of rotatable bonds is 8. The third-order valence-corrected chi connectivity index (χ3v) is 3.81. The molecule has 0 fully saturated rings. The van der Waals surface area contributed by atoms with Gasteiger partial charge in [0, 0.05) is 11.3 Å². The Kier molecular flexibility index (Phi) is 6.05. The molecule has 1 rings (SSSR count). The van der Waals surface area contributed by atoms with Crippen molar-refractivity contribution >= 4 is 17.5 Å². The highest BCUT2D eigenvalue weighted by atomic mass is 16.4. The van der Waals surface area contributed by atoms with E-state index in [1.54, 1.807) is 25.7 Å². The number of carboxylic acids is 1. The Morgan fingerprint density at radius 2 is 1.86 bits per heavy atom. The lowest BCUT2D eigenvalue weighted by Crippen LogP contribution is -2.42. The Morgan fingerprint density at radius 3 is 2.27 bits per heavy atom. The molecule has 1 aromatic heterocycles. The Hall–Kier alpha value is -1.95. The second-order valence-electron chi connectivity index (χ2n) is 5.59. The summed E-state index contributed by atoms with van der Waals surface area (Å²) in [5.41, 5.74) is 2.23. The molecule has 0 aromatic carbocycles. The third kappa shape index (κ3) is 3.82. The van der Waals surface area contributed by atoms with Crippen molar-refractivity contribution in [1.82, 2.24) is 9.88 Å². The molecule has 0 bridgehead atoms. The summed E-state index contributed by atoms with van der Waals surface area (Å²) in [7, 11) is 0. The van der Waals surface area contributed by atoms with Gasteiger partial charge >= 0.3 is 5.97 Å². The summed E-state index contributed by atoms with van der Waals surface area (Å²) < 4.78 is 0. The lowest BCUT2D eigenvalue weighted by Gasteiger charge is -2.25. The van der Waals surface area contributed by atoms with Crippen LogP contribution >= 0.6 is 0 Å². The molecule has 0 saturated heterocycles. The van der Waals surface area contributed by atoms with Gasteiger partial charge in [-0.05, 0) is 46.2 Å². The highest BCUT2D eigenvalue weighted by Gasteiger charge is 2.28. The number of ketones is 2. The number of nitrogens with one attached hydrogen (secondary N) is 1. The van der Waals surface area contributed by atoms with Gasteiger partial charge in [-0.2, -0.15) is 0 Å². The molecule has 0 radical (unpaired) electrons. The fourth-order valence-corrected chi connectivity index (χ4v) is 2.77. The van der Waals surface area contributed by atoms with Gasteiger partial charge in [0.05, 0.1) is 18.3 Å². The Labute approximate surface area is 130 Å². The number of carbonyl (C=O) groups excluding carboxylic acids is 2. The first-order valence-electron chi connectivity index (χ1n) is 7.40. The minimum absolute atomic E-state index is 0.0890. The van der Waals surface area contributed by atoms with Crippen molar-refractivity contribution in [3.8, 4) is 0 Å². The summed E-state index contributed by atoms with van der Waals surface area (Å²) in [6, 6.07) is -0.562. The van der Waals surface area contributed by atoms with Crippen LogP contribution in [0.4, 0.5) is 0 Å². The monoisotopic (exact) mass is 308 g/mol. The van der Waals surface area contributed by atoms with Crippen molar-refractivity contribution in [2.24, 2.45) is 0 Å². The summed E-state index contributed by atoms with van der Waals surface area (Å²) in [5.74, 6) is -1.24. The van der Waals surface area contributed by atoms with E-state index in [4.69, 9.17) is 5.11 Å². The molecule has 0 amide bonds. The number of aliphatic carboxylic acids is 1. The number of carbonyl (C=O) groups is 3. The van der Waals surface area contributed by atoms with E-state index in [1.165, 1.54) is 6.92 Å². The zero-order valence-corrected chi connectivity index (χ0v) is 13.8. The van der Waals surface area contributed by atoms with Crippen molar-refractivity contribution in [2.45, 2.75) is 47.1 Å². The second-order valence-corrected chi connectivity index (χ2v) is 5.59. The normalized spacial score (nSPS) is 12.5. The number of hydrogen-bond donors (Lipinski definition) is 2. The predicted octanol–water partition coefficient (Wildman–Crippen LogP) is 2.20. The Bertz CT molecular complexity index is 589. The van der Waals surface area contributed by atoms with Crippen molar-refractivity contribution in [1.29, 1.82) is 0 Å². The predicted molar refractivity (Wildman–Crippen MR) is 83.6 cm³/mol. The first-order chi connectivity index (χ1) is 10.2. The second kappa shape index (κ2) is 7.35. The smallest absolute Gasteiger partial charge is 0.317 e. The first kappa shape index (κ1) is 18.1. The molecule has 1 unspecified atom stereocenters. The van der Waals surface area contributed by atoms with Crippen LogP contribution in [0.15, 0.2) is 0 Å². The van der Waals surface area contributed by atoms with Crippen LogP contribution in [0.1, 0.15) is 59.3 Å². The number of aromatic nitrogens is 1. The highest BCUT2D eigenvalue weighted by Crippen LogP contribution is 2.21. The van der Waals surface area contributed by atoms with Crippen LogP contribution in [0.3, 0.4) is 0 Å². The van der Waals surface area contributed by atoms with E-state index in [2.05, 4.69) is 4.98 Å². The zero-order valence-electron chi connectivity index (χ0n) is 13.8. The minimum Gasteiger partial charge on any atom is -0.480 e. The average Bonchev–Trinajstić information content (AvgIpc) is 2.71. The summed E-state index contributed by atoms with van der Waals surface area (Å²) in [6.45, 7) is 8.94. The van der Waals surface area contributed by atoms with E-state index in [9.17, 15) is 14.4 Å². The molecule has 0 aliphatic carbocycles. The quantitative estimate of drug-likeness (QED) is 0.718. The minimum atomic E-state index is -0.961. The van der Waals surface area contributed by atoms with Gasteiger partial charge in [0.15, 0.2) is 11.6 Å². The zero-order chi connectivity index (χ0) is 17.0. The molecule has 1 aromatic rings. The van der Waals surface area contributed by atoms with E-state index in [-0.39, 0.29) is 18.1 Å². The van der Waals surface area contributed by atoms with Gasteiger partial charge in [-0.1, -0.05) is 6.92 Å². The van der Waals surface area contributed by atoms with Crippen LogP contribution < -0.4 is 0 Å². The van der Waals surface area contributed by atoms with Gasteiger partial charge in [-0.3, -0.25) is 19.3 Å². The molecule has 0 spiro atoms. The van der Waals surface area contributed by atoms with Crippen LogP contribution in [-0.2, 0) is 4.79 Å². The molecule has 6 heteroatoms. The molecule has 1 heterocycles. The lowest BCUT2D eigenvalue weighted by atomic mass is 10.0. The summed E-state index contributed by atoms with van der Waals surface area (Å²) in [4.78, 5) is 39.9. The number of carboxylic acid groups (broad SMARTS) is 1. The Morgan fingerprint density at radius 1 is 1.27 bits per heavy atom. The fraction of sp³-hybridized carbons (Fsp3) is 0.562. The maximum atomic E-state index is 12.7. The topological polar surface area (TPSA) is 90.5 Å². The fourth-order valence-electron chi connectivity index (χ4n) is 2.77. The van der Waals surface area contributed by atoms with Gasteiger partial charge in [0.1, 0.15) is 0 Å². The third-order valence-electron chi connectivity index (χ3n) is 3.81. The number of hydrogen-bond acceptors (Lipinski definition) is 4. The van der Waals surface area contributed by atoms with E-state index in [1.807, 2.05) is 6.92 Å². The van der Waals surface area contributed by atoms with Gasteiger partial charge in [-0.15, -0.1) is 0 Å². The number of aromatic amines is 1. The molecule has 2 N–H and O–H groups in total. The van der Waals surface area contributed by atoms with Crippen molar-refractivity contribution < 1.29 is 19.5 Å². The van der Waals surface area contributed by atoms with Crippen LogP contribution in [0, 0.1) is 13.8 Å². The van der Waals surface area contributed by atoms with Crippen molar-refractivity contribution in [2.75, 3.05) is 13.1 Å². The summed E-state index contributed by atoms with van der Waals surface area (Å²) in [5, 5.41) is 8.98. The molecular weight excluding hydrogens is 284 g/mol. The highest BCUT2D eigenvalue weighted by molar-refractivity contribution is 6.05. The molecule has 22 heavy (non-hydrogen) atoms. The van der Waals surface area contributed by atoms with Crippen LogP contribution in [0.25, 0.3) is 0 Å². The number of aryl methyl sites for hydroxylation is 1. The Balaban J connectivity index is 3.11. The largest absolute Gasteiger partial charge is 0.480 e. The maximum Gasteiger partial charge on any atom is 0.317 e. The van der Waals surface area contributed by atoms with Crippen LogP contribution in [-0.4, -0.2) is 51.7 Å². The standard InChI is InChI=1S/C16H24N2O4/c1-6-7-18(8-13(20)21)11(4)16(22)15-9(2)14(12(5)19)10(3)17-15/h11,17H,6-8H2,1-5H3,(H,20,21). The molecule has 6 nitrogen and oxygen atoms in total. The van der Waals surface area contributed by atoms with Gasteiger partial charge < -0.3 is 10.1 Å². The summed E-state index contributed by atoms with van der Waals surface area (Å²) in [6.07, 6.45) is 0.756. The molecule has 1 atom stereocenters. The molecular formula is C16H24N2O4. The van der Waals surface area contributed by atoms with E-state index < -0.39 is 12.0 Å². The molecule has 122 valence electrons. The number of Topliss-reactive ketones (excluding diaryl/α,β-unsaturated/α-hetero) is 2.